The molecular weight excluding hydrogens is 162 g/mol. The summed E-state index contributed by atoms with van der Waals surface area (Å²) in [6.45, 7) is 8.30. The Hall–Kier alpha value is -1.25. The van der Waals surface area contributed by atoms with Gasteiger partial charge >= 0.3 is 0 Å². The third-order valence-corrected chi connectivity index (χ3v) is 1.59. The summed E-state index contributed by atoms with van der Waals surface area (Å²) >= 11 is 0. The molecular formula is C10H17N3. The van der Waals surface area contributed by atoms with Gasteiger partial charge in [0.15, 0.2) is 0 Å². The number of rotatable bonds is 1. The van der Waals surface area contributed by atoms with Crippen molar-refractivity contribution < 1.29 is 0 Å². The molecule has 3 nitrogen and oxygen atoms in total. The predicted octanol–water partition coefficient (Wildman–Crippen LogP) is 2.18. The van der Waals surface area contributed by atoms with Crippen LogP contribution in [0, 0.1) is 6.92 Å². The molecule has 13 heavy (non-hydrogen) atoms. The van der Waals surface area contributed by atoms with Crippen molar-refractivity contribution in [1.82, 2.24) is 4.98 Å². The Labute approximate surface area is 79.4 Å². The van der Waals surface area contributed by atoms with Gasteiger partial charge in [0.05, 0.1) is 11.9 Å². The third-order valence-electron chi connectivity index (χ3n) is 1.59. The molecule has 1 aromatic rings. The van der Waals surface area contributed by atoms with Gasteiger partial charge in [-0.15, -0.1) is 0 Å². The second kappa shape index (κ2) is 3.24. The maximum atomic E-state index is 5.60. The minimum absolute atomic E-state index is 0.0356. The van der Waals surface area contributed by atoms with E-state index in [9.17, 15) is 0 Å². The maximum absolute atomic E-state index is 5.60. The van der Waals surface area contributed by atoms with Crippen LogP contribution in [-0.2, 0) is 0 Å². The average Bonchev–Trinajstić information content (AvgIpc) is 1.93. The molecule has 0 radical (unpaired) electrons. The highest BCUT2D eigenvalue weighted by Crippen LogP contribution is 2.17. The largest absolute Gasteiger partial charge is 0.397 e. The molecule has 0 atom stereocenters. The van der Waals surface area contributed by atoms with Gasteiger partial charge in [-0.1, -0.05) is 0 Å². The van der Waals surface area contributed by atoms with Gasteiger partial charge in [-0.3, -0.25) is 0 Å². The minimum atomic E-state index is 0.0356. The van der Waals surface area contributed by atoms with Crippen LogP contribution >= 0.6 is 0 Å². The van der Waals surface area contributed by atoms with E-state index < -0.39 is 0 Å². The average molecular weight is 179 g/mol. The second-order valence-electron chi connectivity index (χ2n) is 4.31. The smallest absolute Gasteiger partial charge is 0.129 e. The number of hydrogen-bond donors (Lipinski definition) is 2. The van der Waals surface area contributed by atoms with Crippen LogP contribution in [0.2, 0.25) is 0 Å². The van der Waals surface area contributed by atoms with Gasteiger partial charge in [-0.2, -0.15) is 0 Å². The van der Waals surface area contributed by atoms with E-state index in [2.05, 4.69) is 31.1 Å². The Morgan fingerprint density at radius 3 is 2.46 bits per heavy atom. The Bertz CT molecular complexity index is 300. The van der Waals surface area contributed by atoms with Crippen molar-refractivity contribution in [3.63, 3.8) is 0 Å². The number of aromatic nitrogens is 1. The highest BCUT2D eigenvalue weighted by molar-refractivity contribution is 5.51. The summed E-state index contributed by atoms with van der Waals surface area (Å²) in [5.74, 6) is 0.904. The highest BCUT2D eigenvalue weighted by atomic mass is 15.0. The first-order valence-electron chi connectivity index (χ1n) is 4.39. The van der Waals surface area contributed by atoms with Gasteiger partial charge in [0, 0.05) is 5.54 Å². The fourth-order valence-corrected chi connectivity index (χ4v) is 1.08. The van der Waals surface area contributed by atoms with E-state index in [1.54, 1.807) is 6.20 Å². The fraction of sp³-hybridized carbons (Fsp3) is 0.500. The number of nitrogen functional groups attached to an aromatic ring is 1. The van der Waals surface area contributed by atoms with Gasteiger partial charge in [0.25, 0.3) is 0 Å². The zero-order valence-corrected chi connectivity index (χ0v) is 8.68. The monoisotopic (exact) mass is 179 g/mol. The maximum Gasteiger partial charge on any atom is 0.129 e. The summed E-state index contributed by atoms with van der Waals surface area (Å²) in [7, 11) is 0. The van der Waals surface area contributed by atoms with Gasteiger partial charge in [0.2, 0.25) is 0 Å². The molecule has 0 aliphatic carbocycles. The van der Waals surface area contributed by atoms with Crippen molar-refractivity contribution >= 4 is 11.5 Å². The number of anilines is 2. The molecule has 72 valence electrons. The molecule has 3 heteroatoms. The highest BCUT2D eigenvalue weighted by Gasteiger charge is 2.11. The van der Waals surface area contributed by atoms with Gasteiger partial charge in [-0.05, 0) is 39.3 Å². The summed E-state index contributed by atoms with van der Waals surface area (Å²) in [4.78, 5) is 4.23. The number of nitrogens with one attached hydrogen (secondary N) is 1. The molecule has 1 aromatic heterocycles. The molecule has 0 bridgehead atoms. The van der Waals surface area contributed by atoms with Crippen LogP contribution in [0.15, 0.2) is 12.3 Å². The van der Waals surface area contributed by atoms with Gasteiger partial charge in [0.1, 0.15) is 5.82 Å². The van der Waals surface area contributed by atoms with E-state index in [1.807, 2.05) is 13.0 Å². The zero-order chi connectivity index (χ0) is 10.1. The van der Waals surface area contributed by atoms with E-state index in [0.29, 0.717) is 5.69 Å². The molecule has 1 rings (SSSR count). The summed E-state index contributed by atoms with van der Waals surface area (Å²) in [6, 6.07) is 1.92. The van der Waals surface area contributed by atoms with Crippen LogP contribution in [0.3, 0.4) is 0 Å². The first kappa shape index (κ1) is 9.84. The van der Waals surface area contributed by atoms with Crippen molar-refractivity contribution in [3.05, 3.63) is 17.8 Å². The summed E-state index contributed by atoms with van der Waals surface area (Å²) in [5.41, 5.74) is 7.42. The minimum Gasteiger partial charge on any atom is -0.397 e. The van der Waals surface area contributed by atoms with Crippen molar-refractivity contribution in [3.8, 4) is 0 Å². The number of hydrogen-bond acceptors (Lipinski definition) is 3. The van der Waals surface area contributed by atoms with Crippen molar-refractivity contribution in [2.75, 3.05) is 11.1 Å². The zero-order valence-electron chi connectivity index (χ0n) is 8.68. The van der Waals surface area contributed by atoms with E-state index >= 15 is 0 Å². The Balaban J connectivity index is 2.90. The van der Waals surface area contributed by atoms with Crippen LogP contribution in [-0.4, -0.2) is 10.5 Å². The molecule has 0 amide bonds. The fourth-order valence-electron chi connectivity index (χ4n) is 1.08. The topological polar surface area (TPSA) is 50.9 Å². The molecule has 0 aliphatic rings. The number of pyridine rings is 1. The van der Waals surface area contributed by atoms with E-state index in [0.717, 1.165) is 11.4 Å². The van der Waals surface area contributed by atoms with Crippen LogP contribution in [0.1, 0.15) is 26.3 Å². The van der Waals surface area contributed by atoms with Crippen molar-refractivity contribution in [1.29, 1.82) is 0 Å². The van der Waals surface area contributed by atoms with Crippen LogP contribution < -0.4 is 11.1 Å². The molecule has 0 spiro atoms. The molecule has 0 aliphatic heterocycles. The van der Waals surface area contributed by atoms with Crippen molar-refractivity contribution in [2.45, 2.75) is 33.2 Å². The molecule has 0 saturated carbocycles. The van der Waals surface area contributed by atoms with Crippen LogP contribution in [0.4, 0.5) is 11.5 Å². The molecule has 0 fully saturated rings. The van der Waals surface area contributed by atoms with Crippen LogP contribution in [0.5, 0.6) is 0 Å². The van der Waals surface area contributed by atoms with E-state index in [4.69, 9.17) is 5.73 Å². The standard InChI is InChI=1S/C10H17N3/c1-7-5-8(11)6-12-9(7)13-10(2,3)4/h5-6H,11H2,1-4H3,(H,12,13). The summed E-state index contributed by atoms with van der Waals surface area (Å²) in [6.07, 6.45) is 1.67. The number of nitrogens with two attached hydrogens (primary N) is 1. The van der Waals surface area contributed by atoms with E-state index in [1.165, 1.54) is 0 Å². The number of nitrogens with zero attached hydrogens (tertiary/aromatic N) is 1. The summed E-state index contributed by atoms with van der Waals surface area (Å²) in [5, 5.41) is 3.31. The summed E-state index contributed by atoms with van der Waals surface area (Å²) < 4.78 is 0. The number of aryl methyl sites for hydroxylation is 1. The van der Waals surface area contributed by atoms with Gasteiger partial charge in [-0.25, -0.2) is 4.98 Å². The lowest BCUT2D eigenvalue weighted by Gasteiger charge is -2.22. The Morgan fingerprint density at radius 1 is 1.38 bits per heavy atom. The lowest BCUT2D eigenvalue weighted by atomic mass is 10.1. The van der Waals surface area contributed by atoms with Gasteiger partial charge < -0.3 is 11.1 Å². The lowest BCUT2D eigenvalue weighted by Crippen LogP contribution is -2.27. The molecule has 0 aromatic carbocycles. The quantitative estimate of drug-likeness (QED) is 0.694. The molecule has 1 heterocycles. The SMILES string of the molecule is Cc1cc(N)cnc1NC(C)(C)C. The third kappa shape index (κ3) is 2.93. The lowest BCUT2D eigenvalue weighted by molar-refractivity contribution is 0.629. The van der Waals surface area contributed by atoms with Crippen LogP contribution in [0.25, 0.3) is 0 Å². The second-order valence-corrected chi connectivity index (χ2v) is 4.31. The Kier molecular flexibility index (Phi) is 2.45. The Morgan fingerprint density at radius 2 is 2.00 bits per heavy atom. The molecule has 3 N–H and O–H groups in total. The predicted molar refractivity (Wildman–Crippen MR) is 56.8 cm³/mol. The van der Waals surface area contributed by atoms with Crippen molar-refractivity contribution in [2.24, 2.45) is 0 Å². The molecule has 0 unspecified atom stereocenters. The molecule has 0 saturated heterocycles. The first-order chi connectivity index (χ1) is 5.88. The first-order valence-corrected chi connectivity index (χ1v) is 4.39. The van der Waals surface area contributed by atoms with E-state index in [-0.39, 0.29) is 5.54 Å². The normalized spacial score (nSPS) is 11.4.